The number of rotatable bonds is 5. The molecule has 26 heavy (non-hydrogen) atoms. The minimum Gasteiger partial charge on any atom is -0.494 e. The van der Waals surface area contributed by atoms with Crippen molar-refractivity contribution in [2.45, 2.75) is 25.8 Å². The number of carbonyl (C=O) groups excluding carboxylic acids is 2. The van der Waals surface area contributed by atoms with E-state index in [4.69, 9.17) is 4.74 Å². The summed E-state index contributed by atoms with van der Waals surface area (Å²) >= 11 is 0. The zero-order chi connectivity index (χ0) is 18.5. The van der Waals surface area contributed by atoms with Gasteiger partial charge >= 0.3 is 0 Å². The van der Waals surface area contributed by atoms with E-state index < -0.39 is 0 Å². The number of benzene rings is 1. The number of aromatic nitrogens is 2. The topological polar surface area (TPSA) is 76.5 Å². The van der Waals surface area contributed by atoms with Gasteiger partial charge in [0.1, 0.15) is 5.75 Å². The lowest BCUT2D eigenvalue weighted by molar-refractivity contribution is 0.0698. The molecule has 0 aliphatic carbocycles. The summed E-state index contributed by atoms with van der Waals surface area (Å²) in [4.78, 5) is 26.6. The van der Waals surface area contributed by atoms with Crippen LogP contribution in [0, 0.1) is 0 Å². The highest BCUT2D eigenvalue weighted by Gasteiger charge is 2.25. The lowest BCUT2D eigenvalue weighted by Crippen LogP contribution is -2.46. The summed E-state index contributed by atoms with van der Waals surface area (Å²) in [5.74, 6) is 0.667. The van der Waals surface area contributed by atoms with Gasteiger partial charge in [0, 0.05) is 37.9 Å². The van der Waals surface area contributed by atoms with Gasteiger partial charge in [-0.25, -0.2) is 0 Å². The van der Waals surface area contributed by atoms with E-state index >= 15 is 0 Å². The van der Waals surface area contributed by atoms with Crippen LogP contribution in [-0.2, 0) is 7.05 Å². The van der Waals surface area contributed by atoms with Crippen LogP contribution in [0.4, 0.5) is 0 Å². The van der Waals surface area contributed by atoms with Crippen molar-refractivity contribution in [2.75, 3.05) is 19.7 Å². The van der Waals surface area contributed by atoms with Gasteiger partial charge in [-0.1, -0.05) is 0 Å². The molecule has 0 bridgehead atoms. The molecule has 1 N–H and O–H groups in total. The third-order valence-corrected chi connectivity index (χ3v) is 4.50. The lowest BCUT2D eigenvalue weighted by Gasteiger charge is -2.32. The number of piperidine rings is 1. The average Bonchev–Trinajstić information content (AvgIpc) is 3.09. The zero-order valence-electron chi connectivity index (χ0n) is 15.1. The van der Waals surface area contributed by atoms with Gasteiger partial charge in [0.15, 0.2) is 0 Å². The fraction of sp³-hybridized carbons (Fsp3) is 0.421. The number of carbonyl (C=O) groups is 2. The van der Waals surface area contributed by atoms with E-state index in [2.05, 4.69) is 10.4 Å². The van der Waals surface area contributed by atoms with Crippen LogP contribution >= 0.6 is 0 Å². The molecule has 0 atom stereocenters. The molecule has 1 aromatic heterocycles. The Balaban J connectivity index is 1.51. The smallest absolute Gasteiger partial charge is 0.254 e. The third kappa shape index (κ3) is 4.22. The first-order valence-electron chi connectivity index (χ1n) is 8.88. The first-order valence-corrected chi connectivity index (χ1v) is 8.88. The van der Waals surface area contributed by atoms with Crippen molar-refractivity contribution in [3.63, 3.8) is 0 Å². The summed E-state index contributed by atoms with van der Waals surface area (Å²) in [6.07, 6.45) is 4.74. The predicted octanol–water partition coefficient (Wildman–Crippen LogP) is 1.85. The van der Waals surface area contributed by atoms with Crippen LogP contribution in [0.1, 0.15) is 40.5 Å². The number of hydrogen-bond acceptors (Lipinski definition) is 4. The van der Waals surface area contributed by atoms with Gasteiger partial charge in [-0.3, -0.25) is 14.3 Å². The Bertz CT molecular complexity index is 761. The van der Waals surface area contributed by atoms with Crippen LogP contribution in [0.5, 0.6) is 5.75 Å². The highest BCUT2D eigenvalue weighted by atomic mass is 16.5. The Hall–Kier alpha value is -2.83. The predicted molar refractivity (Wildman–Crippen MR) is 97.2 cm³/mol. The molecule has 1 aliphatic heterocycles. The minimum atomic E-state index is -0.116. The van der Waals surface area contributed by atoms with Gasteiger partial charge in [-0.2, -0.15) is 5.10 Å². The maximum atomic E-state index is 12.6. The standard InChI is InChI=1S/C19H24N4O3/c1-3-26-17-6-4-14(5-7-17)19(25)23-10-8-16(9-11-23)21-18(24)15-12-20-22(2)13-15/h4-7,12-13,16H,3,8-11H2,1-2H3,(H,21,24). The first-order chi connectivity index (χ1) is 12.6. The largest absolute Gasteiger partial charge is 0.494 e. The Labute approximate surface area is 152 Å². The molecule has 0 radical (unpaired) electrons. The molecule has 2 amide bonds. The van der Waals surface area contributed by atoms with E-state index in [0.29, 0.717) is 30.8 Å². The van der Waals surface area contributed by atoms with Crippen molar-refractivity contribution in [1.82, 2.24) is 20.0 Å². The SMILES string of the molecule is CCOc1ccc(C(=O)N2CCC(NC(=O)c3cnn(C)c3)CC2)cc1. The molecule has 7 nitrogen and oxygen atoms in total. The summed E-state index contributed by atoms with van der Waals surface area (Å²) in [5.41, 5.74) is 1.21. The Morgan fingerprint density at radius 1 is 1.19 bits per heavy atom. The highest BCUT2D eigenvalue weighted by molar-refractivity contribution is 5.95. The molecule has 7 heteroatoms. The van der Waals surface area contributed by atoms with E-state index in [1.165, 1.54) is 0 Å². The Morgan fingerprint density at radius 3 is 2.46 bits per heavy atom. The zero-order valence-corrected chi connectivity index (χ0v) is 15.1. The number of ether oxygens (including phenoxy) is 1. The number of nitrogens with one attached hydrogen (secondary N) is 1. The number of hydrogen-bond donors (Lipinski definition) is 1. The second-order valence-electron chi connectivity index (χ2n) is 6.40. The molecule has 3 rings (SSSR count). The van der Waals surface area contributed by atoms with E-state index in [0.717, 1.165) is 18.6 Å². The molecule has 0 spiro atoms. The lowest BCUT2D eigenvalue weighted by atomic mass is 10.0. The third-order valence-electron chi connectivity index (χ3n) is 4.50. The molecular formula is C19H24N4O3. The van der Waals surface area contributed by atoms with Crippen molar-refractivity contribution in [3.8, 4) is 5.75 Å². The summed E-state index contributed by atoms with van der Waals surface area (Å²) in [7, 11) is 1.78. The van der Waals surface area contributed by atoms with Gasteiger partial charge < -0.3 is 15.0 Å². The number of likely N-dealkylation sites (tertiary alicyclic amines) is 1. The first kappa shape index (κ1) is 18.0. The van der Waals surface area contributed by atoms with Crippen LogP contribution in [0.2, 0.25) is 0 Å². The minimum absolute atomic E-state index is 0.0186. The van der Waals surface area contributed by atoms with Crippen molar-refractivity contribution >= 4 is 11.8 Å². The van der Waals surface area contributed by atoms with Crippen LogP contribution in [0.25, 0.3) is 0 Å². The van der Waals surface area contributed by atoms with Gasteiger partial charge in [0.2, 0.25) is 0 Å². The van der Waals surface area contributed by atoms with Crippen molar-refractivity contribution in [2.24, 2.45) is 7.05 Å². The van der Waals surface area contributed by atoms with Crippen molar-refractivity contribution < 1.29 is 14.3 Å². The molecule has 1 aromatic carbocycles. The fourth-order valence-electron chi connectivity index (χ4n) is 3.08. The second-order valence-corrected chi connectivity index (χ2v) is 6.40. The molecule has 138 valence electrons. The highest BCUT2D eigenvalue weighted by Crippen LogP contribution is 2.17. The van der Waals surface area contributed by atoms with Gasteiger partial charge in [-0.15, -0.1) is 0 Å². The normalized spacial score (nSPS) is 14.9. The van der Waals surface area contributed by atoms with Gasteiger partial charge in [0.05, 0.1) is 18.4 Å². The summed E-state index contributed by atoms with van der Waals surface area (Å²) in [6, 6.07) is 7.30. The monoisotopic (exact) mass is 356 g/mol. The van der Waals surface area contributed by atoms with Crippen molar-refractivity contribution in [1.29, 1.82) is 0 Å². The molecule has 0 saturated carbocycles. The van der Waals surface area contributed by atoms with Crippen LogP contribution < -0.4 is 10.1 Å². The van der Waals surface area contributed by atoms with Crippen LogP contribution in [-0.4, -0.2) is 52.2 Å². The number of amides is 2. The van der Waals surface area contributed by atoms with Crippen LogP contribution in [0.15, 0.2) is 36.7 Å². The molecule has 2 heterocycles. The Kier molecular flexibility index (Phi) is 5.55. The second kappa shape index (κ2) is 8.03. The van der Waals surface area contributed by atoms with Crippen molar-refractivity contribution in [3.05, 3.63) is 47.8 Å². The van der Waals surface area contributed by atoms with E-state index in [9.17, 15) is 9.59 Å². The number of nitrogens with zero attached hydrogens (tertiary/aromatic N) is 3. The average molecular weight is 356 g/mol. The van der Waals surface area contributed by atoms with E-state index in [1.54, 1.807) is 36.3 Å². The molecule has 1 saturated heterocycles. The van der Waals surface area contributed by atoms with E-state index in [1.807, 2.05) is 24.0 Å². The summed E-state index contributed by atoms with van der Waals surface area (Å²) in [5, 5.41) is 7.03. The van der Waals surface area contributed by atoms with Crippen LogP contribution in [0.3, 0.4) is 0 Å². The number of aryl methyl sites for hydroxylation is 1. The van der Waals surface area contributed by atoms with Gasteiger partial charge in [-0.05, 0) is 44.0 Å². The fourth-order valence-corrected chi connectivity index (χ4v) is 3.08. The van der Waals surface area contributed by atoms with Gasteiger partial charge in [0.25, 0.3) is 11.8 Å². The van der Waals surface area contributed by atoms with E-state index in [-0.39, 0.29) is 17.9 Å². The molecule has 2 aromatic rings. The Morgan fingerprint density at radius 2 is 1.88 bits per heavy atom. The molecule has 1 fully saturated rings. The maximum Gasteiger partial charge on any atom is 0.254 e. The summed E-state index contributed by atoms with van der Waals surface area (Å²) < 4.78 is 7.01. The maximum absolute atomic E-state index is 12.6. The molecular weight excluding hydrogens is 332 g/mol. The molecule has 0 unspecified atom stereocenters. The quantitative estimate of drug-likeness (QED) is 0.887. The molecule has 1 aliphatic rings. The summed E-state index contributed by atoms with van der Waals surface area (Å²) in [6.45, 7) is 3.79.